The predicted octanol–water partition coefficient (Wildman–Crippen LogP) is -3.97. The number of nitrogens with one attached hydrogen (secondary N) is 17. The lowest BCUT2D eigenvalue weighted by Crippen LogP contribution is -2.58. The fraction of sp³-hybridized carbons (Fsp3) is 0.452. The Bertz CT molecular complexity index is 4300. The maximum Gasteiger partial charge on any atom is 0.305 e. The number of rotatable bonds is 37. The van der Waals surface area contributed by atoms with E-state index in [2.05, 4.69) is 95.0 Å². The van der Waals surface area contributed by atoms with Gasteiger partial charge >= 0.3 is 11.9 Å². The summed E-state index contributed by atoms with van der Waals surface area (Å²) in [7, 11) is -4.56. The van der Waals surface area contributed by atoms with Crippen LogP contribution in [0.4, 0.5) is 0 Å². The number of guanidine groups is 2. The van der Waals surface area contributed by atoms with Crippen LogP contribution in [0.3, 0.4) is 0 Å². The van der Waals surface area contributed by atoms with Gasteiger partial charge in [0.25, 0.3) is 16.0 Å². The zero-order valence-electron chi connectivity index (χ0n) is 63.2. The van der Waals surface area contributed by atoms with Gasteiger partial charge in [-0.1, -0.05) is 78.9 Å². The van der Waals surface area contributed by atoms with Crippen LogP contribution in [0.25, 0.3) is 0 Å². The van der Waals surface area contributed by atoms with E-state index in [1.165, 1.54) is 36.5 Å². The number of unbranched alkanes of at least 4 members (excludes halogenated alkanes) is 2. The number of aromatic nitrogens is 1. The highest BCUT2D eigenvalue weighted by atomic mass is 32.2. The maximum absolute atomic E-state index is 14.5. The first-order valence-electron chi connectivity index (χ1n) is 37.1. The van der Waals surface area contributed by atoms with Crippen molar-refractivity contribution in [3.05, 3.63) is 131 Å². The van der Waals surface area contributed by atoms with Crippen molar-refractivity contribution in [2.24, 2.45) is 21.7 Å². The fourth-order valence-electron chi connectivity index (χ4n) is 11.9. The van der Waals surface area contributed by atoms with Crippen molar-refractivity contribution in [3.63, 3.8) is 0 Å². The van der Waals surface area contributed by atoms with Crippen LogP contribution in [0.5, 0.6) is 0 Å². The molecule has 2 saturated heterocycles. The summed E-state index contributed by atoms with van der Waals surface area (Å²) >= 11 is 0. The normalized spacial score (nSPS) is 19.8. The van der Waals surface area contributed by atoms with Gasteiger partial charge in [-0.15, -0.1) is 0 Å². The second-order valence-electron chi connectivity index (χ2n) is 27.0. The number of hydrogen-bond acceptors (Lipinski definition) is 22. The van der Waals surface area contributed by atoms with E-state index >= 15 is 0 Å². The first kappa shape index (κ1) is 91.8. The Morgan fingerprint density at radius 2 is 0.888 bits per heavy atom. The van der Waals surface area contributed by atoms with Crippen LogP contribution < -0.4 is 91.2 Å². The molecule has 2 fully saturated rings. The van der Waals surface area contributed by atoms with Crippen molar-refractivity contribution in [1.29, 1.82) is 10.8 Å². The first-order valence-corrected chi connectivity index (χ1v) is 38.6. The van der Waals surface area contributed by atoms with Crippen LogP contribution in [-0.4, -0.2) is 222 Å². The SMILES string of the molecule is N=C(N)NCCC[C@@H]1NC(=O)CNC(=O)[C@@H](CC(=O)O)NC(=O)[C@@H](Cc2ccccc2)NC(=O)C(CCCCNC(=O)C(CCC(=O)NCCCC[C@H]2NC(=O)[C@H](CCCNC(=N)N)NC(=O)CNC(=O)[C@@H](CC(=O)O)NC(=O)[C@@H](Cc3ccccc3)NC2=O)NC(=O)c2ccc(CN=NCc3ccccc3S(=O)(=O)O)nc2)NC1=O. The number of carboxylic acid groups (broad SMARTS) is 2. The summed E-state index contributed by atoms with van der Waals surface area (Å²) in [6, 6.07) is 11.5. The lowest BCUT2D eigenvalue weighted by Gasteiger charge is -2.26. The molecule has 9 atom stereocenters. The van der Waals surface area contributed by atoms with Crippen LogP contribution >= 0.6 is 0 Å². The Labute approximate surface area is 665 Å². The molecule has 2 aliphatic rings. The molecule has 0 radical (unpaired) electrons. The number of hydrogen-bond donors (Lipinski definition) is 22. The lowest BCUT2D eigenvalue weighted by atomic mass is 10.0. The molecule has 4 aromatic rings. The van der Waals surface area contributed by atoms with Gasteiger partial charge in [-0.25, -0.2) is 0 Å². The van der Waals surface area contributed by atoms with Gasteiger partial charge in [-0.3, -0.25) is 92.3 Å². The fourth-order valence-corrected chi connectivity index (χ4v) is 12.6. The van der Waals surface area contributed by atoms with E-state index < -0.39 is 186 Å². The van der Waals surface area contributed by atoms with Crippen molar-refractivity contribution >= 4 is 111 Å². The Balaban J connectivity index is 1.19. The molecule has 0 bridgehead atoms. The van der Waals surface area contributed by atoms with E-state index in [0.717, 1.165) is 0 Å². The number of carbonyl (C=O) groups is 15. The summed E-state index contributed by atoms with van der Waals surface area (Å²) in [6.07, 6.45) is -1.67. The maximum atomic E-state index is 14.5. The number of pyridine rings is 1. The number of nitrogens with two attached hydrogens (primary N) is 2. The van der Waals surface area contributed by atoms with E-state index in [9.17, 15) is 95.1 Å². The van der Waals surface area contributed by atoms with Gasteiger partial charge in [0, 0.05) is 51.6 Å². The van der Waals surface area contributed by atoms with Crippen LogP contribution in [0.1, 0.15) is 123 Å². The highest BCUT2D eigenvalue weighted by Crippen LogP contribution is 2.18. The Morgan fingerprint density at radius 3 is 1.34 bits per heavy atom. The van der Waals surface area contributed by atoms with Crippen LogP contribution in [-0.2, 0) is 103 Å². The molecule has 116 heavy (non-hydrogen) atoms. The molecule has 626 valence electrons. The largest absolute Gasteiger partial charge is 0.481 e. The average Bonchev–Trinajstić information content (AvgIpc) is 1.08. The minimum Gasteiger partial charge on any atom is -0.481 e. The molecule has 24 N–H and O–H groups in total. The van der Waals surface area contributed by atoms with E-state index in [0.29, 0.717) is 16.8 Å². The Hall–Kier alpha value is -13.1. The van der Waals surface area contributed by atoms with E-state index in [1.807, 2.05) is 0 Å². The summed E-state index contributed by atoms with van der Waals surface area (Å²) in [5.41, 5.74) is 12.4. The molecular formula is C73H98N22O20S. The number of azo groups is 1. The van der Waals surface area contributed by atoms with Gasteiger partial charge in [0.2, 0.25) is 70.9 Å². The molecule has 0 aliphatic carbocycles. The highest BCUT2D eigenvalue weighted by molar-refractivity contribution is 7.85. The molecule has 6 rings (SSSR count). The number of amides is 13. The zero-order chi connectivity index (χ0) is 84.7. The molecule has 13 amide bonds. The predicted molar refractivity (Wildman–Crippen MR) is 412 cm³/mol. The topological polar surface area (TPSA) is 669 Å². The second-order valence-corrected chi connectivity index (χ2v) is 28.4. The van der Waals surface area contributed by atoms with Gasteiger partial charge < -0.3 is 101 Å². The third-order valence-corrected chi connectivity index (χ3v) is 18.8. The van der Waals surface area contributed by atoms with Crippen molar-refractivity contribution in [2.75, 3.05) is 39.3 Å². The first-order chi connectivity index (χ1) is 55.3. The highest BCUT2D eigenvalue weighted by Gasteiger charge is 2.36. The standard InChI is InChI=1S/C73H98N22O20S/c74-72(75)80-31-13-22-47-66(107)90-49(68(109)92-52(33-42-15-3-1-4-16-42)70(111)94-54(35-60(99)100)64(105)83-40-58(97)87-47)20-9-11-29-78-57(96)28-27-51(89-62(103)45-25-26-46(82-37-45)39-86-85-38-44-19-7-8-24-56(44)116(113,114)115)63(104)79-30-12-10-21-50-69(110)93-53(34-43-17-5-2-6-18-43)71(112)95-55(36-61(101)102)65(106)84-41-59(98)88-48(67(108)91-50)23-14-32-81-73(76)77/h1-8,15-19,24-26,37,47-55H,9-14,20-23,27-36,38-41H2,(H,78,96)(H,79,104)(H,83,105)(H,84,106)(H,87,97)(H,88,98)(H,89,103)(H,90,107)(H,91,108)(H,92,109)(H,93,110)(H,94,111)(H,95,112)(H,99,100)(H,101,102)(H4,74,75,80)(H4,76,77,81)(H,113,114,115)/t47-,48-,49+,50?,51?,52+,53+,54+,55+/m0/s1. The summed E-state index contributed by atoms with van der Waals surface area (Å²) in [5, 5.41) is 80.6. The molecule has 0 saturated carbocycles. The Morgan fingerprint density at radius 1 is 0.483 bits per heavy atom. The van der Waals surface area contributed by atoms with E-state index in [-0.39, 0.29) is 151 Å². The molecule has 2 aliphatic heterocycles. The van der Waals surface area contributed by atoms with E-state index in [1.54, 1.807) is 66.7 Å². The number of aliphatic carboxylic acids is 2. The lowest BCUT2D eigenvalue weighted by molar-refractivity contribution is -0.141. The number of carboxylic acids is 2. The smallest absolute Gasteiger partial charge is 0.305 e. The van der Waals surface area contributed by atoms with Gasteiger partial charge in [-0.05, 0) is 106 Å². The number of nitrogens with zero attached hydrogens (tertiary/aromatic N) is 3. The van der Waals surface area contributed by atoms with Crippen LogP contribution in [0.2, 0.25) is 0 Å². The number of carbonyl (C=O) groups excluding carboxylic acids is 13. The van der Waals surface area contributed by atoms with Gasteiger partial charge in [0.1, 0.15) is 60.9 Å². The molecule has 42 nitrogen and oxygen atoms in total. The van der Waals surface area contributed by atoms with Crippen molar-refractivity contribution in [2.45, 2.75) is 175 Å². The molecule has 2 unspecified atom stereocenters. The third kappa shape index (κ3) is 33.3. The minimum atomic E-state index is -4.56. The van der Waals surface area contributed by atoms with Crippen molar-refractivity contribution in [1.82, 2.24) is 84.7 Å². The van der Waals surface area contributed by atoms with Gasteiger partial charge in [-0.2, -0.15) is 18.6 Å². The summed E-state index contributed by atoms with van der Waals surface area (Å²) in [6.45, 7) is -1.95. The average molecular weight is 1640 g/mol. The van der Waals surface area contributed by atoms with Crippen LogP contribution in [0, 0.1) is 10.8 Å². The number of benzene rings is 3. The minimum absolute atomic E-state index is 0.0446. The molecule has 1 aromatic heterocycles. The Kier molecular flexibility index (Phi) is 37.5. The van der Waals surface area contributed by atoms with Crippen molar-refractivity contribution in [3.8, 4) is 0 Å². The molecule has 43 heteroatoms. The second kappa shape index (κ2) is 47.4. The van der Waals surface area contributed by atoms with Crippen LogP contribution in [0.15, 0.2) is 118 Å². The van der Waals surface area contributed by atoms with Gasteiger partial charge in [0.05, 0.1) is 48.6 Å². The summed E-state index contributed by atoms with van der Waals surface area (Å²) < 4.78 is 33.4. The van der Waals surface area contributed by atoms with Gasteiger partial charge in [0.15, 0.2) is 11.9 Å². The quantitative estimate of drug-likeness (QED) is 0.00673. The third-order valence-electron chi connectivity index (χ3n) is 17.9. The van der Waals surface area contributed by atoms with E-state index in [4.69, 9.17) is 22.3 Å². The molecular weight excluding hydrogens is 1540 g/mol. The van der Waals surface area contributed by atoms with Crippen molar-refractivity contribution < 1.29 is 95.1 Å². The molecule has 3 heterocycles. The summed E-state index contributed by atoms with van der Waals surface area (Å²) in [4.78, 5) is 209. The summed E-state index contributed by atoms with van der Waals surface area (Å²) in [5.74, 6) is -15.4. The monoisotopic (exact) mass is 1630 g/mol. The molecule has 3 aromatic carbocycles. The zero-order valence-corrected chi connectivity index (χ0v) is 64.0. The molecule has 0 spiro atoms.